The highest BCUT2D eigenvalue weighted by Crippen LogP contribution is 2.31. The fourth-order valence-corrected chi connectivity index (χ4v) is 2.03. The second-order valence-electron chi connectivity index (χ2n) is 4.55. The molecule has 0 aliphatic heterocycles. The van der Waals surface area contributed by atoms with Crippen LogP contribution in [0.25, 0.3) is 10.9 Å². The van der Waals surface area contributed by atoms with Crippen LogP contribution in [0, 0.1) is 0 Å². The van der Waals surface area contributed by atoms with Crippen molar-refractivity contribution in [1.29, 1.82) is 0 Å². The number of benzene rings is 1. The molecule has 0 radical (unpaired) electrons. The van der Waals surface area contributed by atoms with E-state index in [1.54, 1.807) is 30.5 Å². The van der Waals surface area contributed by atoms with Crippen LogP contribution in [0.4, 0.5) is 19.0 Å². The molecule has 2 N–H and O–H groups in total. The number of hydrogen-bond acceptors (Lipinski definition) is 3. The summed E-state index contributed by atoms with van der Waals surface area (Å²) in [6.45, 7) is 0.472. The highest BCUT2D eigenvalue weighted by atomic mass is 19.4. The smallest absolute Gasteiger partial charge is 0.366 e. The zero-order valence-electron chi connectivity index (χ0n) is 10.8. The number of halogens is 3. The largest absolute Gasteiger partial charge is 0.431 e. The molecular weight excluding hydrogens is 281 g/mol. The molecule has 108 valence electrons. The summed E-state index contributed by atoms with van der Waals surface area (Å²) in [6, 6.07) is 7.96. The van der Waals surface area contributed by atoms with Crippen LogP contribution >= 0.6 is 0 Å². The first kappa shape index (κ1) is 13.4. The number of aromatic amines is 1. The zero-order chi connectivity index (χ0) is 14.9. The topological polar surface area (TPSA) is 53.6 Å². The van der Waals surface area contributed by atoms with Crippen molar-refractivity contribution >= 4 is 16.7 Å². The number of nitrogens with one attached hydrogen (secondary N) is 2. The van der Waals surface area contributed by atoms with Gasteiger partial charge in [-0.15, -0.1) is 0 Å². The first-order valence-corrected chi connectivity index (χ1v) is 6.21. The lowest BCUT2D eigenvalue weighted by Gasteiger charge is -2.05. The lowest BCUT2D eigenvalue weighted by molar-refractivity contribution is -0.140. The number of H-pyrrole nitrogens is 1. The Hall–Kier alpha value is -2.57. The Morgan fingerprint density at radius 3 is 2.71 bits per heavy atom. The van der Waals surface area contributed by atoms with Crippen molar-refractivity contribution in [1.82, 2.24) is 15.0 Å². The number of rotatable bonds is 3. The molecule has 2 heterocycles. The molecule has 0 bridgehead atoms. The van der Waals surface area contributed by atoms with E-state index in [9.17, 15) is 13.2 Å². The van der Waals surface area contributed by atoms with Crippen molar-refractivity contribution in [2.45, 2.75) is 12.7 Å². The average Bonchev–Trinajstić information content (AvgIpc) is 2.89. The molecular formula is C14H11F3N4. The maximum atomic E-state index is 12.6. The number of nitrogens with zero attached hydrogens (tertiary/aromatic N) is 2. The summed E-state index contributed by atoms with van der Waals surface area (Å²) < 4.78 is 37.9. The first-order valence-electron chi connectivity index (χ1n) is 6.21. The van der Waals surface area contributed by atoms with Crippen LogP contribution in [-0.2, 0) is 12.7 Å². The van der Waals surface area contributed by atoms with Gasteiger partial charge >= 0.3 is 6.18 Å². The van der Waals surface area contributed by atoms with Crippen LogP contribution in [0.15, 0.2) is 42.9 Å². The first-order chi connectivity index (χ1) is 10.0. The van der Waals surface area contributed by atoms with E-state index in [1.807, 2.05) is 0 Å². The molecule has 0 saturated heterocycles. The third-order valence-corrected chi connectivity index (χ3v) is 3.05. The highest BCUT2D eigenvalue weighted by Gasteiger charge is 2.32. The SMILES string of the molecule is FC(F)(F)c1cc2cc(CNc3ccncn3)ccc2[nH]1. The Morgan fingerprint density at radius 1 is 1.14 bits per heavy atom. The van der Waals surface area contributed by atoms with Crippen molar-refractivity contribution in [3.05, 3.63) is 54.1 Å². The van der Waals surface area contributed by atoms with Gasteiger partial charge < -0.3 is 10.3 Å². The Kier molecular flexibility index (Phi) is 3.25. The van der Waals surface area contributed by atoms with E-state index >= 15 is 0 Å². The minimum atomic E-state index is -4.36. The van der Waals surface area contributed by atoms with Gasteiger partial charge in [0.2, 0.25) is 0 Å². The van der Waals surface area contributed by atoms with E-state index in [4.69, 9.17) is 0 Å². The molecule has 0 amide bonds. The number of anilines is 1. The summed E-state index contributed by atoms with van der Waals surface area (Å²) in [5, 5.41) is 3.61. The Bertz CT molecular complexity index is 750. The molecule has 7 heteroatoms. The van der Waals surface area contributed by atoms with Crippen molar-refractivity contribution in [2.24, 2.45) is 0 Å². The summed E-state index contributed by atoms with van der Waals surface area (Å²) in [6.07, 6.45) is -1.33. The molecule has 1 aromatic carbocycles. The normalized spacial score (nSPS) is 11.8. The van der Waals surface area contributed by atoms with Gasteiger partial charge in [-0.25, -0.2) is 9.97 Å². The molecule has 0 unspecified atom stereocenters. The quantitative estimate of drug-likeness (QED) is 0.775. The monoisotopic (exact) mass is 292 g/mol. The molecule has 3 rings (SSSR count). The molecule has 4 nitrogen and oxygen atoms in total. The van der Waals surface area contributed by atoms with Gasteiger partial charge in [0.25, 0.3) is 0 Å². The average molecular weight is 292 g/mol. The molecule has 0 spiro atoms. The van der Waals surface area contributed by atoms with Crippen molar-refractivity contribution in [3.8, 4) is 0 Å². The summed E-state index contributed by atoms with van der Waals surface area (Å²) in [4.78, 5) is 10.2. The predicted octanol–water partition coefficient (Wildman–Crippen LogP) is 3.59. The van der Waals surface area contributed by atoms with Crippen LogP contribution in [0.3, 0.4) is 0 Å². The Morgan fingerprint density at radius 2 is 2.00 bits per heavy atom. The van der Waals surface area contributed by atoms with Gasteiger partial charge in [0, 0.05) is 23.6 Å². The van der Waals surface area contributed by atoms with Gasteiger partial charge in [0.05, 0.1) is 0 Å². The summed E-state index contributed by atoms with van der Waals surface area (Å²) in [5.41, 5.74) is 0.598. The standard InChI is InChI=1S/C14H11F3N4/c15-14(16,17)12-6-10-5-9(1-2-11(10)21-12)7-19-13-3-4-18-8-20-13/h1-6,8,21H,7H2,(H,18,19,20). The second-order valence-corrected chi connectivity index (χ2v) is 4.55. The fraction of sp³-hybridized carbons (Fsp3) is 0.143. The van der Waals surface area contributed by atoms with Crippen molar-refractivity contribution < 1.29 is 13.2 Å². The third-order valence-electron chi connectivity index (χ3n) is 3.05. The van der Waals surface area contributed by atoms with E-state index < -0.39 is 11.9 Å². The van der Waals surface area contributed by atoms with Gasteiger partial charge in [-0.1, -0.05) is 6.07 Å². The van der Waals surface area contributed by atoms with Gasteiger partial charge in [0.15, 0.2) is 0 Å². The number of aromatic nitrogens is 3. The van der Waals surface area contributed by atoms with Gasteiger partial charge in [-0.05, 0) is 29.8 Å². The van der Waals surface area contributed by atoms with Crippen LogP contribution in [-0.4, -0.2) is 15.0 Å². The molecule has 0 aliphatic carbocycles. The highest BCUT2D eigenvalue weighted by molar-refractivity contribution is 5.81. The second kappa shape index (κ2) is 5.08. The van der Waals surface area contributed by atoms with E-state index in [0.29, 0.717) is 23.3 Å². The predicted molar refractivity (Wildman–Crippen MR) is 72.7 cm³/mol. The van der Waals surface area contributed by atoms with Crippen LogP contribution < -0.4 is 5.32 Å². The molecule has 3 aromatic rings. The van der Waals surface area contributed by atoms with E-state index in [1.165, 1.54) is 6.33 Å². The number of alkyl halides is 3. The van der Waals surface area contributed by atoms with Gasteiger partial charge in [-0.3, -0.25) is 0 Å². The van der Waals surface area contributed by atoms with Crippen LogP contribution in [0.1, 0.15) is 11.3 Å². The molecule has 21 heavy (non-hydrogen) atoms. The molecule has 0 saturated carbocycles. The lowest BCUT2D eigenvalue weighted by atomic mass is 10.1. The van der Waals surface area contributed by atoms with E-state index in [0.717, 1.165) is 11.6 Å². The molecule has 0 fully saturated rings. The zero-order valence-corrected chi connectivity index (χ0v) is 10.8. The number of fused-ring (bicyclic) bond motifs is 1. The van der Waals surface area contributed by atoms with Crippen LogP contribution in [0.5, 0.6) is 0 Å². The van der Waals surface area contributed by atoms with Crippen LogP contribution in [0.2, 0.25) is 0 Å². The minimum Gasteiger partial charge on any atom is -0.366 e. The van der Waals surface area contributed by atoms with Crippen molar-refractivity contribution in [3.63, 3.8) is 0 Å². The lowest BCUT2D eigenvalue weighted by Crippen LogP contribution is -2.04. The van der Waals surface area contributed by atoms with Gasteiger partial charge in [-0.2, -0.15) is 13.2 Å². The van der Waals surface area contributed by atoms with E-state index in [-0.39, 0.29) is 0 Å². The Balaban J connectivity index is 1.81. The maximum absolute atomic E-state index is 12.6. The summed E-state index contributed by atoms with van der Waals surface area (Å²) in [7, 11) is 0. The number of hydrogen-bond donors (Lipinski definition) is 2. The summed E-state index contributed by atoms with van der Waals surface area (Å²) >= 11 is 0. The summed E-state index contributed by atoms with van der Waals surface area (Å²) in [5.74, 6) is 0.662. The Labute approximate surface area is 118 Å². The molecule has 0 atom stereocenters. The van der Waals surface area contributed by atoms with Gasteiger partial charge in [0.1, 0.15) is 17.8 Å². The third kappa shape index (κ3) is 2.96. The molecule has 0 aliphatic rings. The maximum Gasteiger partial charge on any atom is 0.431 e. The fourth-order valence-electron chi connectivity index (χ4n) is 2.03. The van der Waals surface area contributed by atoms with E-state index in [2.05, 4.69) is 20.3 Å². The molecule has 2 aromatic heterocycles. The minimum absolute atomic E-state index is 0.466. The van der Waals surface area contributed by atoms with Crippen molar-refractivity contribution in [2.75, 3.05) is 5.32 Å².